The number of hydrogen-bond acceptors (Lipinski definition) is 6. The van der Waals surface area contributed by atoms with E-state index in [0.717, 1.165) is 64.5 Å². The number of piperazine rings is 1. The lowest BCUT2D eigenvalue weighted by atomic mass is 10.1. The number of nitrogens with two attached hydrogens (primary N) is 2. The highest BCUT2D eigenvalue weighted by Gasteiger charge is 2.24. The van der Waals surface area contributed by atoms with Gasteiger partial charge in [0.2, 0.25) is 5.91 Å². The lowest BCUT2D eigenvalue weighted by molar-refractivity contribution is 0.1000. The van der Waals surface area contributed by atoms with E-state index >= 15 is 0 Å². The molecule has 1 saturated heterocycles. The zero-order valence-corrected chi connectivity index (χ0v) is 17.5. The average molecular weight is 412 g/mol. The van der Waals surface area contributed by atoms with Crippen molar-refractivity contribution in [3.05, 3.63) is 48.0 Å². The van der Waals surface area contributed by atoms with Crippen LogP contribution in [0.3, 0.4) is 0 Å². The van der Waals surface area contributed by atoms with Crippen LogP contribution in [0.15, 0.2) is 52.3 Å². The maximum Gasteiger partial charge on any atom is 0.248 e. The molecule has 29 heavy (non-hydrogen) atoms. The fourth-order valence-electron chi connectivity index (χ4n) is 4.09. The van der Waals surface area contributed by atoms with Crippen LogP contribution in [0.5, 0.6) is 0 Å². The van der Waals surface area contributed by atoms with Crippen molar-refractivity contribution in [2.45, 2.75) is 16.2 Å². The smallest absolute Gasteiger partial charge is 0.248 e. The Morgan fingerprint density at radius 1 is 0.897 bits per heavy atom. The molecule has 154 valence electrons. The van der Waals surface area contributed by atoms with Crippen LogP contribution in [0.2, 0.25) is 0 Å². The molecule has 6 nitrogen and oxygen atoms in total. The Kier molecular flexibility index (Phi) is 6.40. The van der Waals surface area contributed by atoms with Gasteiger partial charge < -0.3 is 21.3 Å². The van der Waals surface area contributed by atoms with Crippen molar-refractivity contribution >= 4 is 29.0 Å². The molecule has 2 aromatic rings. The zero-order valence-electron chi connectivity index (χ0n) is 16.7. The van der Waals surface area contributed by atoms with Crippen molar-refractivity contribution in [2.75, 3.05) is 57.3 Å². The fourth-order valence-corrected chi connectivity index (χ4v) is 5.17. The van der Waals surface area contributed by atoms with Gasteiger partial charge in [-0.2, -0.15) is 0 Å². The second-order valence-corrected chi connectivity index (χ2v) is 8.68. The quantitative estimate of drug-likeness (QED) is 0.728. The summed E-state index contributed by atoms with van der Waals surface area (Å²) in [4.78, 5) is 21.5. The summed E-state index contributed by atoms with van der Waals surface area (Å²) in [7, 11) is 0. The summed E-state index contributed by atoms with van der Waals surface area (Å²) in [5, 5.41) is 0. The van der Waals surface area contributed by atoms with Crippen molar-refractivity contribution in [2.24, 2.45) is 11.5 Å². The second kappa shape index (κ2) is 9.17. The molecule has 2 heterocycles. The highest BCUT2D eigenvalue weighted by atomic mass is 32.2. The van der Waals surface area contributed by atoms with Gasteiger partial charge in [0.25, 0.3) is 0 Å². The van der Waals surface area contributed by atoms with E-state index in [1.165, 1.54) is 15.5 Å². The van der Waals surface area contributed by atoms with E-state index in [2.05, 4.69) is 39.0 Å². The Morgan fingerprint density at radius 3 is 2.31 bits per heavy atom. The number of rotatable bonds is 7. The van der Waals surface area contributed by atoms with Gasteiger partial charge in [-0.25, -0.2) is 0 Å². The van der Waals surface area contributed by atoms with Gasteiger partial charge >= 0.3 is 0 Å². The first-order valence-electron chi connectivity index (χ1n) is 10.3. The summed E-state index contributed by atoms with van der Waals surface area (Å²) < 4.78 is 0. The van der Waals surface area contributed by atoms with Crippen LogP contribution in [0, 0.1) is 0 Å². The molecule has 0 spiro atoms. The van der Waals surface area contributed by atoms with Crippen LogP contribution in [-0.2, 0) is 0 Å². The predicted octanol–water partition coefficient (Wildman–Crippen LogP) is 2.35. The van der Waals surface area contributed by atoms with Crippen molar-refractivity contribution in [3.63, 3.8) is 0 Å². The topological polar surface area (TPSA) is 78.8 Å². The molecule has 0 radical (unpaired) electrons. The summed E-state index contributed by atoms with van der Waals surface area (Å²) in [5.41, 5.74) is 14.1. The molecule has 0 unspecified atom stereocenters. The molecule has 2 aliphatic rings. The Morgan fingerprint density at radius 2 is 1.59 bits per heavy atom. The third-order valence-corrected chi connectivity index (χ3v) is 6.81. The number of nitrogens with zero attached hydrogens (tertiary/aromatic N) is 3. The first-order valence-corrected chi connectivity index (χ1v) is 11.1. The number of hydrogen-bond donors (Lipinski definition) is 2. The number of primary amides is 1. The maximum atomic E-state index is 11.7. The van der Waals surface area contributed by atoms with Gasteiger partial charge in [0.1, 0.15) is 0 Å². The second-order valence-electron chi connectivity index (χ2n) is 7.59. The summed E-state index contributed by atoms with van der Waals surface area (Å²) >= 11 is 1.75. The molecule has 1 amide bonds. The Balaban J connectivity index is 1.45. The molecule has 0 aliphatic carbocycles. The Labute approximate surface area is 176 Å². The van der Waals surface area contributed by atoms with Crippen molar-refractivity contribution in [1.82, 2.24) is 9.80 Å². The number of carbonyl (C=O) groups is 1. The molecule has 4 N–H and O–H groups in total. The van der Waals surface area contributed by atoms with Crippen LogP contribution in [0.1, 0.15) is 16.8 Å². The third-order valence-electron chi connectivity index (χ3n) is 5.68. The van der Waals surface area contributed by atoms with Crippen molar-refractivity contribution in [1.29, 1.82) is 0 Å². The summed E-state index contributed by atoms with van der Waals surface area (Å²) in [6.45, 7) is 8.14. The van der Waals surface area contributed by atoms with E-state index in [1.54, 1.807) is 11.8 Å². The third kappa shape index (κ3) is 4.59. The fraction of sp³-hybridized carbons (Fsp3) is 0.409. The van der Waals surface area contributed by atoms with Gasteiger partial charge in [0, 0.05) is 61.2 Å². The molecular formula is C22H29N5OS. The van der Waals surface area contributed by atoms with Crippen molar-refractivity contribution < 1.29 is 4.79 Å². The summed E-state index contributed by atoms with van der Waals surface area (Å²) in [6, 6.07) is 14.2. The van der Waals surface area contributed by atoms with E-state index in [9.17, 15) is 4.79 Å². The lowest BCUT2D eigenvalue weighted by Gasteiger charge is -2.36. The van der Waals surface area contributed by atoms with Gasteiger partial charge in [0.05, 0.1) is 11.4 Å². The first-order chi connectivity index (χ1) is 14.2. The molecule has 0 aromatic heterocycles. The van der Waals surface area contributed by atoms with Gasteiger partial charge in [0.15, 0.2) is 0 Å². The predicted molar refractivity (Wildman–Crippen MR) is 119 cm³/mol. The standard InChI is InChI=1S/C22H29N5OS/c23-8-11-26-14-12-25(13-15-26)9-3-10-27-18-4-1-2-5-20(18)29-21-7-6-17(22(24)28)16-19(21)27/h1-2,4-7,16H,3,8-15,23H2,(H2,24,28). The minimum absolute atomic E-state index is 0.382. The average Bonchev–Trinajstić information content (AvgIpc) is 2.74. The van der Waals surface area contributed by atoms with E-state index in [-0.39, 0.29) is 5.91 Å². The Bertz CT molecular complexity index is 866. The maximum absolute atomic E-state index is 11.7. The van der Waals surface area contributed by atoms with E-state index in [4.69, 9.17) is 11.5 Å². The summed E-state index contributed by atoms with van der Waals surface area (Å²) in [6.07, 6.45) is 1.07. The molecule has 2 aromatic carbocycles. The molecule has 0 saturated carbocycles. The lowest BCUT2D eigenvalue weighted by Crippen LogP contribution is -2.48. The number of anilines is 2. The Hall–Kier alpha value is -2.06. The zero-order chi connectivity index (χ0) is 20.2. The van der Waals surface area contributed by atoms with Crippen LogP contribution >= 0.6 is 11.8 Å². The molecule has 4 rings (SSSR count). The van der Waals surface area contributed by atoms with Gasteiger partial charge in [-0.1, -0.05) is 23.9 Å². The molecule has 7 heteroatoms. The molecule has 1 fully saturated rings. The van der Waals surface area contributed by atoms with E-state index < -0.39 is 0 Å². The number of carbonyl (C=O) groups excluding carboxylic acids is 1. The molecule has 0 bridgehead atoms. The van der Waals surface area contributed by atoms with Crippen molar-refractivity contribution in [3.8, 4) is 0 Å². The molecule has 0 atom stereocenters. The highest BCUT2D eigenvalue weighted by Crippen LogP contribution is 2.48. The normalized spacial score (nSPS) is 17.1. The van der Waals surface area contributed by atoms with Crippen LogP contribution in [0.4, 0.5) is 11.4 Å². The monoisotopic (exact) mass is 411 g/mol. The highest BCUT2D eigenvalue weighted by molar-refractivity contribution is 7.99. The number of amides is 1. The van der Waals surface area contributed by atoms with E-state index in [1.807, 2.05) is 18.2 Å². The van der Waals surface area contributed by atoms with Crippen LogP contribution in [0.25, 0.3) is 0 Å². The molecular weight excluding hydrogens is 382 g/mol. The largest absolute Gasteiger partial charge is 0.366 e. The number of para-hydroxylation sites is 1. The first kappa shape index (κ1) is 20.2. The van der Waals surface area contributed by atoms with Crippen LogP contribution in [-0.4, -0.2) is 68.1 Å². The van der Waals surface area contributed by atoms with E-state index in [0.29, 0.717) is 5.56 Å². The number of benzene rings is 2. The molecule has 2 aliphatic heterocycles. The SMILES string of the molecule is NCCN1CCN(CCCN2c3ccccc3Sc3ccc(C(N)=O)cc32)CC1. The minimum atomic E-state index is -0.382. The summed E-state index contributed by atoms with van der Waals surface area (Å²) in [5.74, 6) is -0.382. The minimum Gasteiger partial charge on any atom is -0.366 e. The van der Waals surface area contributed by atoms with Crippen LogP contribution < -0.4 is 16.4 Å². The van der Waals surface area contributed by atoms with Gasteiger partial charge in [-0.3, -0.25) is 9.69 Å². The van der Waals surface area contributed by atoms with Gasteiger partial charge in [-0.05, 0) is 43.3 Å². The van der Waals surface area contributed by atoms with Gasteiger partial charge in [-0.15, -0.1) is 0 Å². The number of fused-ring (bicyclic) bond motifs is 2.